The predicted molar refractivity (Wildman–Crippen MR) is 58.9 cm³/mol. The van der Waals surface area contributed by atoms with Crippen LogP contribution in [-0.4, -0.2) is 76.7 Å². The molecule has 0 aliphatic carbocycles. The largest absolute Gasteiger partial charge is 3.00 e. The van der Waals surface area contributed by atoms with Crippen LogP contribution in [0.2, 0.25) is 0 Å². The number of likely N-dealkylation sites (N-methyl/N-ethyl adjacent to an activating group) is 1. The van der Waals surface area contributed by atoms with Crippen LogP contribution in [0.5, 0.6) is 0 Å². The third-order valence-corrected chi connectivity index (χ3v) is 0.771. The molecule has 0 aliphatic rings. The Hall–Kier alpha value is 0.792. The molecule has 0 saturated carbocycles. The minimum Gasteiger partial charge on any atom is -1.00 e. The van der Waals surface area contributed by atoms with Gasteiger partial charge in [0.25, 0.3) is 0 Å². The summed E-state index contributed by atoms with van der Waals surface area (Å²) < 4.78 is 0.844. The van der Waals surface area contributed by atoms with Crippen molar-refractivity contribution in [2.45, 2.75) is 0 Å². The monoisotopic (exact) mass is 335 g/mol. The van der Waals surface area contributed by atoms with E-state index in [1.54, 1.807) is 0 Å². The summed E-state index contributed by atoms with van der Waals surface area (Å²) in [5, 5.41) is 8.39. The van der Waals surface area contributed by atoms with Gasteiger partial charge in [-0.1, -0.05) is 0 Å². The first-order chi connectivity index (χ1) is 3.06. The van der Waals surface area contributed by atoms with E-state index in [9.17, 15) is 0 Å². The fourth-order valence-electron chi connectivity index (χ4n) is 0.300. The number of aliphatic hydroxyl groups is 1. The van der Waals surface area contributed by atoms with Crippen LogP contribution in [-0.2, 0) is 17.4 Å². The zero-order chi connectivity index (χ0) is 5.91. The molecule has 11 heteroatoms. The molecule has 0 saturated heterocycles. The molecule has 0 rings (SSSR count). The fraction of sp³-hybridized carbons (Fsp3) is 1.00. The molecule has 0 amide bonds. The molecule has 0 aromatic rings. The van der Waals surface area contributed by atoms with E-state index < -0.39 is 0 Å². The standard InChI is InChI=1S/C5H14NO.2ClH.Cr.6H2O/c1-6(2,3)4-5-7;;;;;;;;;/h7H,4-5H2,1-3H3;2*1H;;6*1H2/q+1;;;+3;;;;;;/p-1. The number of halogens is 2. The van der Waals surface area contributed by atoms with E-state index in [0.717, 1.165) is 11.0 Å². The number of quaternary nitrogens is 1. The van der Waals surface area contributed by atoms with Crippen LogP contribution in [0.1, 0.15) is 0 Å². The van der Waals surface area contributed by atoms with Gasteiger partial charge in [0.2, 0.25) is 0 Å². The fourth-order valence-corrected chi connectivity index (χ4v) is 0.300. The molecule has 13 N–H and O–H groups in total. The molecule has 0 bridgehead atoms. The molecule has 0 fully saturated rings. The summed E-state index contributed by atoms with van der Waals surface area (Å²) in [5.74, 6) is 0. The Kier molecular flexibility index (Phi) is 254. The maximum Gasteiger partial charge on any atom is 3.00 e. The third-order valence-electron chi connectivity index (χ3n) is 0.771. The molecule has 0 aromatic heterocycles. The van der Waals surface area contributed by atoms with Gasteiger partial charge in [-0.2, -0.15) is 0 Å². The summed E-state index contributed by atoms with van der Waals surface area (Å²) in [6, 6.07) is 0. The first-order valence-corrected chi connectivity index (χ1v) is 2.47. The van der Waals surface area contributed by atoms with Crippen LogP contribution in [0.4, 0.5) is 0 Å². The van der Waals surface area contributed by atoms with Gasteiger partial charge in [-0.25, -0.2) is 0 Å². The van der Waals surface area contributed by atoms with Crippen LogP contribution in [0.25, 0.3) is 0 Å². The Morgan fingerprint density at radius 1 is 0.812 bits per heavy atom. The van der Waals surface area contributed by atoms with Crippen molar-refractivity contribution in [3.63, 3.8) is 0 Å². The van der Waals surface area contributed by atoms with E-state index >= 15 is 0 Å². The third kappa shape index (κ3) is 123. The second-order valence-corrected chi connectivity index (χ2v) is 2.74. The predicted octanol–water partition coefficient (Wildman–Crippen LogP) is -7.84. The Labute approximate surface area is 119 Å². The molecule has 8 nitrogen and oxygen atoms in total. The van der Waals surface area contributed by atoms with Crippen molar-refractivity contribution in [2.75, 3.05) is 34.3 Å². The number of hydrogen-bond donors (Lipinski definition) is 1. The maximum absolute atomic E-state index is 8.39. The average molecular weight is 336 g/mol. The van der Waals surface area contributed by atoms with E-state index in [4.69, 9.17) is 5.11 Å². The molecular weight excluding hydrogens is 309 g/mol. The van der Waals surface area contributed by atoms with Crippen molar-refractivity contribution in [2.24, 2.45) is 0 Å². The van der Waals surface area contributed by atoms with Gasteiger partial charge in [-0.15, -0.1) is 12.4 Å². The van der Waals surface area contributed by atoms with Crippen LogP contribution < -0.4 is 12.4 Å². The minimum atomic E-state index is 0. The normalized spacial score (nSPS) is 5.25. The summed E-state index contributed by atoms with van der Waals surface area (Å²) in [4.78, 5) is 0. The van der Waals surface area contributed by atoms with Crippen molar-refractivity contribution >= 4 is 12.4 Å². The first-order valence-electron chi connectivity index (χ1n) is 2.47. The van der Waals surface area contributed by atoms with E-state index in [1.807, 2.05) is 0 Å². The molecule has 16 heavy (non-hydrogen) atoms. The molecule has 111 valence electrons. The van der Waals surface area contributed by atoms with Gasteiger partial charge in [0.1, 0.15) is 6.54 Å². The Bertz CT molecular complexity index is 69.2. The minimum absolute atomic E-state index is 0. The summed E-state index contributed by atoms with van der Waals surface area (Å²) in [6.45, 7) is 1.11. The van der Waals surface area contributed by atoms with E-state index in [0.29, 0.717) is 0 Å². The quantitative estimate of drug-likeness (QED) is 0.478. The van der Waals surface area contributed by atoms with Gasteiger partial charge in [0, 0.05) is 0 Å². The molecule has 0 atom stereocenters. The molecule has 0 heterocycles. The summed E-state index contributed by atoms with van der Waals surface area (Å²) in [5.41, 5.74) is 0. The zero-order valence-corrected chi connectivity index (χ0v) is 12.4. The van der Waals surface area contributed by atoms with E-state index in [-0.39, 0.29) is 81.6 Å². The van der Waals surface area contributed by atoms with Crippen LogP contribution in [0.15, 0.2) is 0 Å². The smallest absolute Gasteiger partial charge is 1.00 e. The van der Waals surface area contributed by atoms with Crippen molar-refractivity contribution in [3.8, 4) is 0 Å². The molecular formula is C5H27Cl2CrNO7+3. The van der Waals surface area contributed by atoms with Crippen molar-refractivity contribution < 1.29 is 72.2 Å². The maximum atomic E-state index is 8.39. The Morgan fingerprint density at radius 3 is 1.00 bits per heavy atom. The Morgan fingerprint density at radius 2 is 1.00 bits per heavy atom. The van der Waals surface area contributed by atoms with E-state index in [2.05, 4.69) is 21.1 Å². The van der Waals surface area contributed by atoms with Crippen molar-refractivity contribution in [1.29, 1.82) is 0 Å². The first kappa shape index (κ1) is 90.8. The molecule has 1 radical (unpaired) electrons. The SMILES string of the molecule is C[N+](C)(C)CCO.Cl.O.O.O.O.O.O.[Cl-].[Cr+3]. The second-order valence-electron chi connectivity index (χ2n) is 2.74. The van der Waals surface area contributed by atoms with Crippen molar-refractivity contribution in [3.05, 3.63) is 0 Å². The van der Waals surface area contributed by atoms with Gasteiger partial charge in [0.15, 0.2) is 0 Å². The molecule has 0 aromatic carbocycles. The van der Waals surface area contributed by atoms with Gasteiger partial charge >= 0.3 is 17.4 Å². The summed E-state index contributed by atoms with van der Waals surface area (Å²) in [7, 11) is 6.16. The number of rotatable bonds is 2. The van der Waals surface area contributed by atoms with Gasteiger partial charge in [-0.05, 0) is 0 Å². The van der Waals surface area contributed by atoms with Gasteiger partial charge in [0.05, 0.1) is 27.7 Å². The Balaban J connectivity index is -0.00000000500. The van der Waals surface area contributed by atoms with Crippen molar-refractivity contribution in [1.82, 2.24) is 0 Å². The second kappa shape index (κ2) is 44.7. The van der Waals surface area contributed by atoms with Gasteiger partial charge in [-0.3, -0.25) is 0 Å². The average Bonchev–Trinajstić information content (AvgIpc) is 1.30. The summed E-state index contributed by atoms with van der Waals surface area (Å²) >= 11 is 0. The van der Waals surface area contributed by atoms with Crippen LogP contribution >= 0.6 is 12.4 Å². The van der Waals surface area contributed by atoms with Crippen LogP contribution in [0.3, 0.4) is 0 Å². The molecule has 0 aliphatic heterocycles. The number of nitrogens with zero attached hydrogens (tertiary/aromatic N) is 1. The number of hydrogen-bond acceptors (Lipinski definition) is 1. The number of aliphatic hydroxyl groups excluding tert-OH is 1. The summed E-state index contributed by atoms with van der Waals surface area (Å²) in [6.07, 6.45) is 0. The van der Waals surface area contributed by atoms with Crippen LogP contribution in [0, 0.1) is 0 Å². The topological polar surface area (TPSA) is 209 Å². The zero-order valence-electron chi connectivity index (χ0n) is 9.50. The molecule has 0 spiro atoms. The van der Waals surface area contributed by atoms with E-state index in [1.165, 1.54) is 0 Å². The van der Waals surface area contributed by atoms with Gasteiger partial charge < -0.3 is 54.9 Å². The molecule has 0 unspecified atom stereocenters.